The quantitative estimate of drug-likeness (QED) is 0.471. The van der Waals surface area contributed by atoms with Gasteiger partial charge in [-0.05, 0) is 49.5 Å². The molecule has 0 aliphatic heterocycles. The normalized spacial score (nSPS) is 39.1. The van der Waals surface area contributed by atoms with Gasteiger partial charge >= 0.3 is 5.97 Å². The molecule has 2 heteroatoms. The van der Waals surface area contributed by atoms with Gasteiger partial charge in [-0.1, -0.05) is 5.57 Å². The third-order valence-electron chi connectivity index (χ3n) is 4.09. The van der Waals surface area contributed by atoms with E-state index in [2.05, 4.69) is 0 Å². The molecule has 0 radical (unpaired) electrons. The van der Waals surface area contributed by atoms with Gasteiger partial charge in [-0.15, -0.1) is 0 Å². The van der Waals surface area contributed by atoms with Gasteiger partial charge in [0.15, 0.2) is 0 Å². The molecule has 2 bridgehead atoms. The van der Waals surface area contributed by atoms with Crippen molar-refractivity contribution < 1.29 is 9.53 Å². The lowest BCUT2D eigenvalue weighted by Crippen LogP contribution is -2.21. The lowest BCUT2D eigenvalue weighted by atomic mass is 9.87. The van der Waals surface area contributed by atoms with E-state index in [-0.39, 0.29) is 12.1 Å². The maximum atomic E-state index is 10.9. The Morgan fingerprint density at radius 2 is 2.29 bits per heavy atom. The number of ether oxygens (including phenoxy) is 1. The van der Waals surface area contributed by atoms with Crippen molar-refractivity contribution in [3.8, 4) is 0 Å². The van der Waals surface area contributed by atoms with Crippen LogP contribution in [0.5, 0.6) is 0 Å². The van der Waals surface area contributed by atoms with Crippen LogP contribution >= 0.6 is 0 Å². The molecule has 3 rings (SSSR count). The predicted octanol–water partition coefficient (Wildman–Crippen LogP) is 2.44. The summed E-state index contributed by atoms with van der Waals surface area (Å²) in [4.78, 5) is 10.9. The maximum Gasteiger partial charge on any atom is 0.303 e. The van der Waals surface area contributed by atoms with E-state index in [1.54, 1.807) is 5.57 Å². The Labute approximate surface area is 84.3 Å². The van der Waals surface area contributed by atoms with Crippen LogP contribution in [0.2, 0.25) is 0 Å². The Kier molecular flexibility index (Phi) is 1.73. The number of carbonyl (C=O) groups is 1. The van der Waals surface area contributed by atoms with Gasteiger partial charge in [0.2, 0.25) is 0 Å². The number of rotatable bonds is 1. The van der Waals surface area contributed by atoms with Crippen molar-refractivity contribution in [1.82, 2.24) is 0 Å². The summed E-state index contributed by atoms with van der Waals surface area (Å²) >= 11 is 0. The van der Waals surface area contributed by atoms with E-state index in [9.17, 15) is 4.79 Å². The van der Waals surface area contributed by atoms with Gasteiger partial charge in [0.05, 0.1) is 0 Å². The number of hydrogen-bond acceptors (Lipinski definition) is 2. The molecule has 2 saturated carbocycles. The van der Waals surface area contributed by atoms with Crippen molar-refractivity contribution in [2.24, 2.45) is 11.8 Å². The zero-order valence-corrected chi connectivity index (χ0v) is 8.58. The molecule has 0 N–H and O–H groups in total. The van der Waals surface area contributed by atoms with Gasteiger partial charge in [-0.3, -0.25) is 4.79 Å². The summed E-state index contributed by atoms with van der Waals surface area (Å²) in [5, 5.41) is 0. The molecule has 0 aromatic carbocycles. The van der Waals surface area contributed by atoms with Crippen LogP contribution in [0.4, 0.5) is 0 Å². The Bertz CT molecular complexity index is 316. The molecule has 3 aliphatic rings. The molecule has 2 nitrogen and oxygen atoms in total. The first-order valence-corrected chi connectivity index (χ1v) is 5.64. The highest BCUT2D eigenvalue weighted by molar-refractivity contribution is 5.66. The van der Waals surface area contributed by atoms with Crippen LogP contribution < -0.4 is 0 Å². The SMILES string of the molecule is CC(=O)OC1CC2CC1=C1CCCC12. The number of fused-ring (bicyclic) bond motifs is 4. The first-order valence-electron chi connectivity index (χ1n) is 5.64. The first kappa shape index (κ1) is 8.51. The Balaban J connectivity index is 1.86. The molecule has 14 heavy (non-hydrogen) atoms. The van der Waals surface area contributed by atoms with E-state index in [0.717, 1.165) is 18.3 Å². The van der Waals surface area contributed by atoms with E-state index >= 15 is 0 Å². The third kappa shape index (κ3) is 1.06. The molecule has 0 spiro atoms. The molecule has 0 amide bonds. The predicted molar refractivity (Wildman–Crippen MR) is 52.6 cm³/mol. The van der Waals surface area contributed by atoms with Gasteiger partial charge in [-0.2, -0.15) is 0 Å². The smallest absolute Gasteiger partial charge is 0.303 e. The standard InChI is InChI=1S/C12H16O2/c1-7(13)14-12-6-8-5-11(12)10-4-2-3-9(8)10/h8-9,12H,2-6H2,1H3. The summed E-state index contributed by atoms with van der Waals surface area (Å²) in [7, 11) is 0. The average Bonchev–Trinajstić information content (AvgIpc) is 2.68. The van der Waals surface area contributed by atoms with Crippen molar-refractivity contribution in [2.45, 2.75) is 45.1 Å². The second-order valence-corrected chi connectivity index (χ2v) is 4.85. The van der Waals surface area contributed by atoms with Crippen LogP contribution in [-0.4, -0.2) is 12.1 Å². The average molecular weight is 192 g/mol. The van der Waals surface area contributed by atoms with Crippen LogP contribution in [0.3, 0.4) is 0 Å². The lowest BCUT2D eigenvalue weighted by molar-refractivity contribution is -0.144. The van der Waals surface area contributed by atoms with Gasteiger partial charge in [0.1, 0.15) is 6.10 Å². The molecule has 0 saturated heterocycles. The molecule has 3 aliphatic carbocycles. The fourth-order valence-corrected chi connectivity index (χ4v) is 3.67. The van der Waals surface area contributed by atoms with Crippen LogP contribution in [-0.2, 0) is 9.53 Å². The van der Waals surface area contributed by atoms with Crippen molar-refractivity contribution in [3.63, 3.8) is 0 Å². The Morgan fingerprint density at radius 1 is 1.43 bits per heavy atom. The van der Waals surface area contributed by atoms with Gasteiger partial charge in [0.25, 0.3) is 0 Å². The molecule has 2 fully saturated rings. The fraction of sp³-hybridized carbons (Fsp3) is 0.750. The Morgan fingerprint density at radius 3 is 3.07 bits per heavy atom. The van der Waals surface area contributed by atoms with E-state index in [4.69, 9.17) is 4.74 Å². The van der Waals surface area contributed by atoms with E-state index in [0.29, 0.717) is 0 Å². The lowest BCUT2D eigenvalue weighted by Gasteiger charge is -2.23. The van der Waals surface area contributed by atoms with Crippen molar-refractivity contribution >= 4 is 5.97 Å². The molecule has 3 atom stereocenters. The highest BCUT2D eigenvalue weighted by atomic mass is 16.5. The molecule has 76 valence electrons. The van der Waals surface area contributed by atoms with Crippen molar-refractivity contribution in [2.75, 3.05) is 0 Å². The molecule has 0 heterocycles. The van der Waals surface area contributed by atoms with E-state index in [1.165, 1.54) is 38.2 Å². The monoisotopic (exact) mass is 192 g/mol. The number of carbonyl (C=O) groups excluding carboxylic acids is 1. The molecule has 0 aromatic rings. The molecule has 0 aromatic heterocycles. The summed E-state index contributed by atoms with van der Waals surface area (Å²) in [5.41, 5.74) is 3.15. The summed E-state index contributed by atoms with van der Waals surface area (Å²) in [6.45, 7) is 1.52. The van der Waals surface area contributed by atoms with Gasteiger partial charge < -0.3 is 4.74 Å². The zero-order chi connectivity index (χ0) is 9.71. The van der Waals surface area contributed by atoms with Crippen LogP contribution in [0.25, 0.3) is 0 Å². The van der Waals surface area contributed by atoms with Crippen molar-refractivity contribution in [3.05, 3.63) is 11.1 Å². The van der Waals surface area contributed by atoms with Crippen molar-refractivity contribution in [1.29, 1.82) is 0 Å². The number of hydrogen-bond donors (Lipinski definition) is 0. The summed E-state index contributed by atoms with van der Waals surface area (Å²) in [5.74, 6) is 1.56. The highest BCUT2D eigenvalue weighted by Gasteiger charge is 2.47. The zero-order valence-electron chi connectivity index (χ0n) is 8.58. The van der Waals surface area contributed by atoms with Crippen LogP contribution in [0, 0.1) is 11.8 Å². The molecule has 3 unspecified atom stereocenters. The minimum absolute atomic E-state index is 0.120. The van der Waals surface area contributed by atoms with Gasteiger partial charge in [-0.25, -0.2) is 0 Å². The largest absolute Gasteiger partial charge is 0.458 e. The third-order valence-corrected chi connectivity index (χ3v) is 4.09. The van der Waals surface area contributed by atoms with E-state index in [1.807, 2.05) is 0 Å². The van der Waals surface area contributed by atoms with Crippen LogP contribution in [0.1, 0.15) is 39.0 Å². The minimum Gasteiger partial charge on any atom is -0.458 e. The molecular formula is C12H16O2. The molecular weight excluding hydrogens is 176 g/mol. The fourth-order valence-electron chi connectivity index (χ4n) is 3.67. The topological polar surface area (TPSA) is 26.3 Å². The first-order chi connectivity index (χ1) is 6.75. The maximum absolute atomic E-state index is 10.9. The van der Waals surface area contributed by atoms with Gasteiger partial charge in [0, 0.05) is 6.92 Å². The Hall–Kier alpha value is -0.790. The van der Waals surface area contributed by atoms with E-state index < -0.39 is 0 Å². The summed E-state index contributed by atoms with van der Waals surface area (Å²) < 4.78 is 5.36. The second-order valence-electron chi connectivity index (χ2n) is 4.85. The minimum atomic E-state index is -0.120. The van der Waals surface area contributed by atoms with Crippen LogP contribution in [0.15, 0.2) is 11.1 Å². The number of esters is 1. The second kappa shape index (κ2) is 2.85. The summed E-state index contributed by atoms with van der Waals surface area (Å²) in [6, 6.07) is 0. The highest BCUT2D eigenvalue weighted by Crippen LogP contribution is 2.55. The summed E-state index contributed by atoms with van der Waals surface area (Å²) in [6.07, 6.45) is 6.49. The number of allylic oxidation sites excluding steroid dienone is 1.